The van der Waals surface area contributed by atoms with E-state index in [1.807, 2.05) is 34.1 Å². The zero-order valence-electron chi connectivity index (χ0n) is 28.4. The summed E-state index contributed by atoms with van der Waals surface area (Å²) in [6, 6.07) is 12.8. The summed E-state index contributed by atoms with van der Waals surface area (Å²) < 4.78 is 0. The number of primary amides is 1. The second kappa shape index (κ2) is 12.0. The fraction of sp³-hybridized carbons (Fsp3) is 0.421. The summed E-state index contributed by atoms with van der Waals surface area (Å²) in [7, 11) is 0. The van der Waals surface area contributed by atoms with E-state index in [1.54, 1.807) is 0 Å². The predicted octanol–water partition coefficient (Wildman–Crippen LogP) is 4.37. The number of nitrogens with zero attached hydrogens (tertiary/aromatic N) is 6. The second-order valence-corrected chi connectivity index (χ2v) is 16.8. The van der Waals surface area contributed by atoms with Gasteiger partial charge in [0.2, 0.25) is 5.91 Å². The van der Waals surface area contributed by atoms with E-state index in [-0.39, 0.29) is 55.0 Å². The number of anilines is 2. The largest absolute Gasteiger partial charge is 0.480 e. The average molecular weight is 736 g/mol. The molecule has 4 atom stereocenters. The number of carboxylic acid groups (broad SMARTS) is 1. The van der Waals surface area contributed by atoms with Crippen molar-refractivity contribution in [1.82, 2.24) is 19.8 Å². The third kappa shape index (κ3) is 4.91. The summed E-state index contributed by atoms with van der Waals surface area (Å²) in [6.07, 6.45) is 6.65. The van der Waals surface area contributed by atoms with Crippen LogP contribution in [0.2, 0.25) is 0 Å². The minimum atomic E-state index is -0.825. The third-order valence-electron chi connectivity index (χ3n) is 12.1. The fourth-order valence-electron chi connectivity index (χ4n) is 9.89. The van der Waals surface area contributed by atoms with Crippen LogP contribution in [0.3, 0.4) is 0 Å². The molecule has 0 spiro atoms. The highest BCUT2D eigenvalue weighted by Crippen LogP contribution is 2.48. The number of thiazole rings is 2. The van der Waals surface area contributed by atoms with Crippen molar-refractivity contribution in [2.45, 2.75) is 75.5 Å². The Bertz CT molecular complexity index is 2060. The Labute approximate surface area is 307 Å². The van der Waals surface area contributed by atoms with Gasteiger partial charge in [0.25, 0.3) is 11.8 Å². The molecule has 2 aromatic heterocycles. The molecule has 2 saturated heterocycles. The number of hydrogen-bond donors (Lipinski definition) is 2. The topological polar surface area (TPSA) is 153 Å². The standard InChI is InChI=1S/C38H37N7O5S2/c39-31(46)17-44-19-7-9-29(44)33-25(15-19)40-35(51-33)37(49)42-13-11-23-21(3-1-5-27(23)42)22-4-2-6-28-24(22)12-14-43(28)38(50)36-41-26-16-20-8-10-30(34(26)52-36)45(20)18-32(47)48/h1-6,19-20,29-30H,7-18H2,(H2,39,46)(H,47,48). The van der Waals surface area contributed by atoms with Crippen LogP contribution in [0.4, 0.5) is 11.4 Å². The van der Waals surface area contributed by atoms with Gasteiger partial charge in [0.05, 0.1) is 24.5 Å². The zero-order valence-corrected chi connectivity index (χ0v) is 30.0. The molecule has 4 aromatic rings. The Kier molecular flexibility index (Phi) is 7.44. The molecular formula is C38H37N7O5S2. The van der Waals surface area contributed by atoms with E-state index in [0.717, 1.165) is 93.3 Å². The molecule has 14 heteroatoms. The van der Waals surface area contributed by atoms with Crippen LogP contribution in [0, 0.1) is 0 Å². The van der Waals surface area contributed by atoms with E-state index < -0.39 is 5.97 Å². The van der Waals surface area contributed by atoms with E-state index in [1.165, 1.54) is 22.7 Å². The van der Waals surface area contributed by atoms with Crippen LogP contribution in [-0.2, 0) is 35.3 Å². The van der Waals surface area contributed by atoms with E-state index in [2.05, 4.69) is 21.9 Å². The van der Waals surface area contributed by atoms with Crippen LogP contribution in [0.25, 0.3) is 11.1 Å². The molecule has 2 fully saturated rings. The quantitative estimate of drug-likeness (QED) is 0.282. The Hall–Kier alpha value is -4.50. The van der Waals surface area contributed by atoms with Gasteiger partial charge in [-0.2, -0.15) is 0 Å². The molecule has 3 amide bonds. The smallest absolute Gasteiger partial charge is 0.317 e. The lowest BCUT2D eigenvalue weighted by Crippen LogP contribution is -2.42. The molecule has 0 saturated carbocycles. The highest BCUT2D eigenvalue weighted by atomic mass is 32.1. The number of carbonyl (C=O) groups excluding carboxylic acids is 3. The molecule has 266 valence electrons. The normalized spacial score (nSPS) is 24.2. The molecule has 52 heavy (non-hydrogen) atoms. The number of nitrogens with two attached hydrogens (primary N) is 1. The lowest BCUT2D eigenvalue weighted by molar-refractivity contribution is -0.139. The summed E-state index contributed by atoms with van der Waals surface area (Å²) >= 11 is 2.89. The number of amides is 3. The van der Waals surface area contributed by atoms with Gasteiger partial charge in [0.15, 0.2) is 10.0 Å². The predicted molar refractivity (Wildman–Crippen MR) is 196 cm³/mol. The van der Waals surface area contributed by atoms with Crippen LogP contribution < -0.4 is 15.5 Å². The number of hydrogen-bond acceptors (Lipinski definition) is 10. The summed E-state index contributed by atoms with van der Waals surface area (Å²) in [5.41, 5.74) is 13.7. The van der Waals surface area contributed by atoms with Crippen LogP contribution in [0.1, 0.15) is 89.6 Å². The van der Waals surface area contributed by atoms with Gasteiger partial charge in [-0.05, 0) is 72.9 Å². The second-order valence-electron chi connectivity index (χ2n) is 14.8. The van der Waals surface area contributed by atoms with Gasteiger partial charge >= 0.3 is 5.97 Å². The van der Waals surface area contributed by atoms with E-state index in [4.69, 9.17) is 15.7 Å². The number of aromatic nitrogens is 2. The molecule has 8 heterocycles. The SMILES string of the molecule is NC(=O)CN1C2CCC1c1sc(C(=O)N3CCc4c(-c5cccc6c5CCN6C(=O)c5nc6c(s5)C5CCC(C6)N5CC(=O)O)cccc43)nc1C2. The Morgan fingerprint density at radius 2 is 1.19 bits per heavy atom. The van der Waals surface area contributed by atoms with Gasteiger partial charge in [0.1, 0.15) is 0 Å². The van der Waals surface area contributed by atoms with Gasteiger partial charge in [0, 0.05) is 71.2 Å². The molecule has 3 N–H and O–H groups in total. The lowest BCUT2D eigenvalue weighted by Gasteiger charge is -2.32. The van der Waals surface area contributed by atoms with E-state index in [0.29, 0.717) is 35.9 Å². The molecular weight excluding hydrogens is 699 g/mol. The number of benzene rings is 2. The van der Waals surface area contributed by atoms with Crippen LogP contribution in [-0.4, -0.2) is 86.8 Å². The first-order valence-corrected chi connectivity index (χ1v) is 19.8. The van der Waals surface area contributed by atoms with Crippen molar-refractivity contribution in [3.05, 3.63) is 78.7 Å². The first-order valence-electron chi connectivity index (χ1n) is 18.1. The minimum Gasteiger partial charge on any atom is -0.480 e. The van der Waals surface area contributed by atoms with Crippen LogP contribution >= 0.6 is 22.7 Å². The maximum Gasteiger partial charge on any atom is 0.317 e. The fourth-order valence-corrected chi connectivity index (χ4v) is 12.3. The molecule has 0 radical (unpaired) electrons. The molecule has 12 nitrogen and oxygen atoms in total. The van der Waals surface area contributed by atoms with Crippen molar-refractivity contribution in [2.75, 3.05) is 36.0 Å². The summed E-state index contributed by atoms with van der Waals surface area (Å²) in [5.74, 6) is -1.35. The lowest BCUT2D eigenvalue weighted by atomic mass is 9.93. The van der Waals surface area contributed by atoms with Gasteiger partial charge in [-0.1, -0.05) is 24.3 Å². The number of rotatable bonds is 7. The van der Waals surface area contributed by atoms with Crippen molar-refractivity contribution in [3.8, 4) is 11.1 Å². The molecule has 2 aromatic carbocycles. The highest BCUT2D eigenvalue weighted by Gasteiger charge is 2.45. The number of fused-ring (bicyclic) bond motifs is 10. The van der Waals surface area contributed by atoms with E-state index in [9.17, 15) is 24.3 Å². The average Bonchev–Trinajstić information content (AvgIpc) is 3.98. The highest BCUT2D eigenvalue weighted by molar-refractivity contribution is 7.14. The Balaban J connectivity index is 0.911. The maximum absolute atomic E-state index is 14.1. The van der Waals surface area contributed by atoms with Gasteiger partial charge < -0.3 is 20.6 Å². The van der Waals surface area contributed by atoms with Gasteiger partial charge in [-0.15, -0.1) is 22.7 Å². The molecule has 4 unspecified atom stereocenters. The summed E-state index contributed by atoms with van der Waals surface area (Å²) in [6.45, 7) is 1.37. The van der Waals surface area contributed by atoms with Crippen molar-refractivity contribution in [2.24, 2.45) is 5.73 Å². The Morgan fingerprint density at radius 1 is 0.712 bits per heavy atom. The maximum atomic E-state index is 14.1. The monoisotopic (exact) mass is 735 g/mol. The summed E-state index contributed by atoms with van der Waals surface area (Å²) in [4.78, 5) is 71.2. The van der Waals surface area contributed by atoms with Gasteiger partial charge in [-0.25, -0.2) is 9.97 Å². The molecule has 10 rings (SSSR count). The van der Waals surface area contributed by atoms with Crippen molar-refractivity contribution >= 4 is 57.7 Å². The van der Waals surface area contributed by atoms with Gasteiger partial charge in [-0.3, -0.25) is 29.0 Å². The number of carbonyl (C=O) groups is 4. The van der Waals surface area contributed by atoms with Crippen LogP contribution in [0.15, 0.2) is 36.4 Å². The number of aliphatic carboxylic acids is 1. The van der Waals surface area contributed by atoms with Crippen molar-refractivity contribution in [1.29, 1.82) is 0 Å². The molecule has 0 aliphatic carbocycles. The van der Waals surface area contributed by atoms with Crippen molar-refractivity contribution in [3.63, 3.8) is 0 Å². The van der Waals surface area contributed by atoms with Crippen LogP contribution in [0.5, 0.6) is 0 Å². The molecule has 6 aliphatic heterocycles. The van der Waals surface area contributed by atoms with E-state index >= 15 is 0 Å². The first-order chi connectivity index (χ1) is 25.2. The number of carboxylic acids is 1. The molecule has 4 bridgehead atoms. The summed E-state index contributed by atoms with van der Waals surface area (Å²) in [5, 5.41) is 10.4. The molecule has 6 aliphatic rings. The Morgan fingerprint density at radius 3 is 1.65 bits per heavy atom. The van der Waals surface area contributed by atoms with Crippen molar-refractivity contribution < 1.29 is 24.3 Å². The first kappa shape index (κ1) is 32.2. The zero-order chi connectivity index (χ0) is 35.4. The minimum absolute atomic E-state index is 0.0134. The third-order valence-corrected chi connectivity index (χ3v) is 14.4.